The molecule has 1 aliphatic heterocycles. The normalized spacial score (nSPS) is 23.6. The van der Waals surface area contributed by atoms with Gasteiger partial charge in [0.15, 0.2) is 22.8 Å². The van der Waals surface area contributed by atoms with E-state index in [-0.39, 0.29) is 83.6 Å². The van der Waals surface area contributed by atoms with Crippen molar-refractivity contribution in [2.45, 2.75) is 109 Å². The fourth-order valence-electron chi connectivity index (χ4n) is 7.21. The lowest BCUT2D eigenvalue weighted by atomic mass is 9.87. The molecular formula is C37H58N7O19P3S. The molecule has 3 heterocycles. The molecule has 30 heteroatoms. The van der Waals surface area contributed by atoms with Crippen molar-refractivity contribution in [3.8, 4) is 0 Å². The van der Waals surface area contributed by atoms with Crippen molar-refractivity contribution in [3.05, 3.63) is 24.8 Å². The van der Waals surface area contributed by atoms with Crippen molar-refractivity contribution in [2.75, 3.05) is 37.8 Å². The SMILES string of the molecule is CCC=CCC1C(=O)CCC1CCCC(=O)CC(=O)SCCNC(=O)CCNC(=O)C(O)C(C)(C)COP(=O)(O)OP(=O)(O)OCC1OC(n2cnc3c(N)ncnc32)C(O)C1OP(=O)(O)O. The number of carbonyl (C=O) groups excluding carboxylic acids is 5. The minimum atomic E-state index is -5.60. The number of nitrogens with zero attached hydrogens (tertiary/aromatic N) is 4. The number of allylic oxidation sites excluding steroid dienone is 2. The number of carbonyl (C=O) groups is 5. The zero-order valence-corrected chi connectivity index (χ0v) is 40.4. The number of ketones is 2. The second-order valence-electron chi connectivity index (χ2n) is 16.4. The average molecular weight is 1030 g/mol. The zero-order chi connectivity index (χ0) is 49.7. The van der Waals surface area contributed by atoms with Crippen molar-refractivity contribution in [1.29, 1.82) is 0 Å². The Morgan fingerprint density at radius 2 is 1.76 bits per heavy atom. The van der Waals surface area contributed by atoms with Gasteiger partial charge in [-0.15, -0.1) is 0 Å². The van der Waals surface area contributed by atoms with Gasteiger partial charge in [0.25, 0.3) is 0 Å². The number of amides is 2. The molecule has 2 aliphatic rings. The molecule has 26 nitrogen and oxygen atoms in total. The van der Waals surface area contributed by atoms with Crippen molar-refractivity contribution in [3.63, 3.8) is 0 Å². The number of aliphatic hydroxyl groups is 2. The number of hydrogen-bond donors (Lipinski definition) is 9. The van der Waals surface area contributed by atoms with E-state index in [1.165, 1.54) is 13.8 Å². The summed E-state index contributed by atoms with van der Waals surface area (Å²) in [6, 6.07) is 0. The smallest absolute Gasteiger partial charge is 0.386 e. The number of phosphoric acid groups is 3. The van der Waals surface area contributed by atoms with Crippen molar-refractivity contribution in [2.24, 2.45) is 17.3 Å². The van der Waals surface area contributed by atoms with Crippen LogP contribution in [0.15, 0.2) is 24.8 Å². The van der Waals surface area contributed by atoms with E-state index >= 15 is 0 Å². The Hall–Kier alpha value is -3.36. The summed E-state index contributed by atoms with van der Waals surface area (Å²) in [4.78, 5) is 113. The molecule has 1 aliphatic carbocycles. The maximum absolute atomic E-state index is 12.7. The van der Waals surface area contributed by atoms with E-state index in [9.17, 15) is 67.5 Å². The van der Waals surface area contributed by atoms with Gasteiger partial charge < -0.3 is 50.9 Å². The minimum Gasteiger partial charge on any atom is -0.386 e. The standard InChI is InChI=1S/C37H58N7O19P3S/c1-4-5-6-10-24-22(11-12-25(24)46)8-7-9-23(45)17-28(48)67-16-15-39-27(47)13-14-40-35(51)32(50)37(2,3)19-60-66(57,58)63-65(55,56)59-18-26-31(62-64(52,53)54)30(49)36(61-26)44-21-43-29-33(38)41-20-42-34(29)44/h5-6,20-22,24,26,30-32,36,49-50H,4,7-19H2,1-3H3,(H,39,47)(H,40,51)(H,55,56)(H,57,58)(H2,38,41,42)(H2,52,53,54). The van der Waals surface area contributed by atoms with E-state index in [1.54, 1.807) is 0 Å². The number of Topliss-reactive ketones (excluding diaryl/α,β-unsaturated/α-hetero) is 2. The first kappa shape index (κ1) is 56.2. The Labute approximate surface area is 389 Å². The number of aliphatic hydroxyl groups excluding tert-OH is 2. The number of imidazole rings is 1. The number of phosphoric ester groups is 3. The molecule has 4 rings (SSSR count). The third-order valence-electron chi connectivity index (χ3n) is 10.7. The number of thioether (sulfide) groups is 1. The molecular weight excluding hydrogens is 971 g/mol. The van der Waals surface area contributed by atoms with Crippen LogP contribution < -0.4 is 16.4 Å². The van der Waals surface area contributed by atoms with Crippen LogP contribution in [0.4, 0.5) is 5.82 Å². The van der Waals surface area contributed by atoms with Crippen molar-refractivity contribution >= 4 is 80.7 Å². The van der Waals surface area contributed by atoms with Crippen molar-refractivity contribution in [1.82, 2.24) is 30.2 Å². The number of anilines is 1. The fraction of sp³-hybridized carbons (Fsp3) is 0.676. The molecule has 1 saturated heterocycles. The van der Waals surface area contributed by atoms with Gasteiger partial charge in [-0.3, -0.25) is 42.1 Å². The van der Waals surface area contributed by atoms with Crippen LogP contribution in [-0.4, -0.2) is 134 Å². The molecule has 0 bridgehead atoms. The van der Waals surface area contributed by atoms with Crippen LogP contribution in [0.1, 0.15) is 84.8 Å². The van der Waals surface area contributed by atoms with E-state index in [0.717, 1.165) is 48.2 Å². The lowest BCUT2D eigenvalue weighted by Crippen LogP contribution is -2.46. The van der Waals surface area contributed by atoms with E-state index in [2.05, 4.69) is 34.4 Å². The molecule has 1 saturated carbocycles. The highest BCUT2D eigenvalue weighted by Crippen LogP contribution is 2.61. The van der Waals surface area contributed by atoms with Gasteiger partial charge in [-0.05, 0) is 38.0 Å². The third kappa shape index (κ3) is 17.5. The molecule has 2 amide bonds. The van der Waals surface area contributed by atoms with Gasteiger partial charge in [0, 0.05) is 49.4 Å². The Morgan fingerprint density at radius 3 is 2.46 bits per heavy atom. The van der Waals surface area contributed by atoms with E-state index in [4.69, 9.17) is 19.5 Å². The Morgan fingerprint density at radius 1 is 1.04 bits per heavy atom. The van der Waals surface area contributed by atoms with Crippen LogP contribution in [0.3, 0.4) is 0 Å². The van der Waals surface area contributed by atoms with Crippen molar-refractivity contribution < 1.29 is 90.1 Å². The largest absolute Gasteiger partial charge is 0.481 e. The molecule has 0 aromatic carbocycles. The molecule has 0 spiro atoms. The summed E-state index contributed by atoms with van der Waals surface area (Å²) in [5, 5.41) is 26.1. The summed E-state index contributed by atoms with van der Waals surface area (Å²) in [5.41, 5.74) is 4.22. The Kier molecular flexibility index (Phi) is 21.0. The maximum Gasteiger partial charge on any atom is 0.481 e. The number of fused-ring (bicyclic) bond motifs is 1. The van der Waals surface area contributed by atoms with Gasteiger partial charge in [-0.25, -0.2) is 28.6 Å². The number of aromatic nitrogens is 4. The van der Waals surface area contributed by atoms with E-state index in [0.29, 0.717) is 19.3 Å². The summed E-state index contributed by atoms with van der Waals surface area (Å²) in [6.07, 6.45) is 1.34. The van der Waals surface area contributed by atoms with Gasteiger partial charge in [0.1, 0.15) is 47.8 Å². The van der Waals surface area contributed by atoms with Crippen LogP contribution in [-0.2, 0) is 60.3 Å². The minimum absolute atomic E-state index is 0.0101. The number of rotatable bonds is 28. The van der Waals surface area contributed by atoms with E-state index in [1.807, 2.05) is 19.1 Å². The van der Waals surface area contributed by atoms with Gasteiger partial charge in [-0.1, -0.05) is 44.7 Å². The van der Waals surface area contributed by atoms with Crippen LogP contribution in [0.2, 0.25) is 0 Å². The first-order valence-electron chi connectivity index (χ1n) is 21.1. The van der Waals surface area contributed by atoms with Crippen LogP contribution in [0, 0.1) is 17.3 Å². The Balaban J connectivity index is 1.13. The first-order valence-corrected chi connectivity index (χ1v) is 26.6. The predicted octanol–water partition coefficient (Wildman–Crippen LogP) is 1.75. The number of hydrogen-bond acceptors (Lipinski definition) is 20. The van der Waals surface area contributed by atoms with Gasteiger partial charge in [-0.2, -0.15) is 4.31 Å². The van der Waals surface area contributed by atoms with E-state index < -0.39 is 84.6 Å². The van der Waals surface area contributed by atoms with Crippen LogP contribution >= 0.6 is 35.2 Å². The first-order chi connectivity index (χ1) is 31.3. The van der Waals surface area contributed by atoms with Gasteiger partial charge in [0.2, 0.25) is 11.8 Å². The lowest BCUT2D eigenvalue weighted by Gasteiger charge is -2.30. The van der Waals surface area contributed by atoms with Gasteiger partial charge >= 0.3 is 23.5 Å². The average Bonchev–Trinajstić information content (AvgIpc) is 3.91. The summed E-state index contributed by atoms with van der Waals surface area (Å²) in [7, 11) is -16.5. The fourth-order valence-corrected chi connectivity index (χ4v) is 10.7. The quantitative estimate of drug-likeness (QED) is 0.0254. The molecule has 2 aromatic rings. The topological polar surface area (TPSA) is 398 Å². The maximum atomic E-state index is 12.7. The van der Waals surface area contributed by atoms with Crippen LogP contribution in [0.25, 0.3) is 11.2 Å². The zero-order valence-electron chi connectivity index (χ0n) is 36.9. The highest BCUT2D eigenvalue weighted by Gasteiger charge is 2.50. The molecule has 2 fully saturated rings. The number of nitrogens with two attached hydrogens (primary N) is 1. The molecule has 9 unspecified atom stereocenters. The predicted molar refractivity (Wildman–Crippen MR) is 236 cm³/mol. The number of nitrogens with one attached hydrogen (secondary N) is 2. The highest BCUT2D eigenvalue weighted by atomic mass is 32.2. The van der Waals surface area contributed by atoms with Crippen LogP contribution in [0.5, 0.6) is 0 Å². The van der Waals surface area contributed by atoms with Gasteiger partial charge in [0.05, 0.1) is 26.0 Å². The molecule has 10 N–H and O–H groups in total. The molecule has 2 aromatic heterocycles. The highest BCUT2D eigenvalue weighted by molar-refractivity contribution is 8.13. The third-order valence-corrected chi connectivity index (χ3v) is 14.6. The molecule has 376 valence electrons. The molecule has 67 heavy (non-hydrogen) atoms. The number of nitrogen functional groups attached to an aromatic ring is 1. The summed E-state index contributed by atoms with van der Waals surface area (Å²) >= 11 is 0.896. The lowest BCUT2D eigenvalue weighted by molar-refractivity contribution is -0.137. The summed E-state index contributed by atoms with van der Waals surface area (Å²) in [5.74, 6) is -1.07. The monoisotopic (exact) mass is 1030 g/mol. The Bertz CT molecular complexity index is 2240. The molecule has 9 atom stereocenters. The molecule has 0 radical (unpaired) electrons. The summed E-state index contributed by atoms with van der Waals surface area (Å²) in [6.45, 7) is 2.27. The second kappa shape index (κ2) is 25.0. The summed E-state index contributed by atoms with van der Waals surface area (Å²) < 4.78 is 62.3. The second-order valence-corrected chi connectivity index (χ2v) is 21.8. The number of ether oxygens (including phenoxy) is 1.